The smallest absolute Gasteiger partial charge is 0.319 e. The lowest BCUT2D eigenvalue weighted by atomic mass is 10.4. The Labute approximate surface area is 138 Å². The van der Waals surface area contributed by atoms with Crippen LogP contribution in [0.2, 0.25) is 0 Å². The molecule has 2 rings (SSSR count). The summed E-state index contributed by atoms with van der Waals surface area (Å²) in [5.74, 6) is -0.233. The van der Waals surface area contributed by atoms with E-state index in [0.29, 0.717) is 17.3 Å². The second-order valence-corrected chi connectivity index (χ2v) is 5.45. The molecule has 7 nitrogen and oxygen atoms in total. The molecule has 0 atom stereocenters. The minimum Gasteiger partial charge on any atom is -0.355 e. The SMILES string of the molecule is CCNC(=O)CNC(=O)Nc1ccnc(Sc2ccccn2)c1. The van der Waals surface area contributed by atoms with Crippen LogP contribution in [-0.4, -0.2) is 35.0 Å². The number of likely N-dealkylation sites (N-methyl/N-ethyl adjacent to an activating group) is 1. The van der Waals surface area contributed by atoms with Gasteiger partial charge in [0.05, 0.1) is 6.54 Å². The number of nitrogens with zero attached hydrogens (tertiary/aromatic N) is 2. The van der Waals surface area contributed by atoms with Crippen LogP contribution in [-0.2, 0) is 4.79 Å². The lowest BCUT2D eigenvalue weighted by molar-refractivity contribution is -0.119. The summed E-state index contributed by atoms with van der Waals surface area (Å²) in [5, 5.41) is 9.28. The van der Waals surface area contributed by atoms with Crippen molar-refractivity contribution in [2.75, 3.05) is 18.4 Å². The molecule has 23 heavy (non-hydrogen) atoms. The van der Waals surface area contributed by atoms with E-state index in [-0.39, 0.29) is 12.5 Å². The Hall–Kier alpha value is -2.61. The summed E-state index contributed by atoms with van der Waals surface area (Å²) in [4.78, 5) is 31.5. The Morgan fingerprint density at radius 3 is 2.65 bits per heavy atom. The third-order valence-corrected chi connectivity index (χ3v) is 3.51. The normalized spacial score (nSPS) is 9.96. The fourth-order valence-electron chi connectivity index (χ4n) is 1.65. The fourth-order valence-corrected chi connectivity index (χ4v) is 2.43. The number of carbonyl (C=O) groups excluding carboxylic acids is 2. The first-order chi connectivity index (χ1) is 11.2. The molecule has 0 aliphatic rings. The number of hydrogen-bond donors (Lipinski definition) is 3. The number of carbonyl (C=O) groups is 2. The van der Waals surface area contributed by atoms with Gasteiger partial charge in [-0.05, 0) is 31.2 Å². The zero-order chi connectivity index (χ0) is 16.5. The quantitative estimate of drug-likeness (QED) is 0.751. The Kier molecular flexibility index (Phi) is 6.37. The van der Waals surface area contributed by atoms with Crippen LogP contribution < -0.4 is 16.0 Å². The molecule has 0 bridgehead atoms. The van der Waals surface area contributed by atoms with Gasteiger partial charge in [0.25, 0.3) is 0 Å². The Morgan fingerprint density at radius 2 is 1.91 bits per heavy atom. The van der Waals surface area contributed by atoms with E-state index in [1.807, 2.05) is 25.1 Å². The van der Waals surface area contributed by atoms with Crippen molar-refractivity contribution in [2.45, 2.75) is 17.0 Å². The van der Waals surface area contributed by atoms with Gasteiger partial charge in [0.1, 0.15) is 10.1 Å². The van der Waals surface area contributed by atoms with Crippen molar-refractivity contribution in [3.63, 3.8) is 0 Å². The maximum absolute atomic E-state index is 11.7. The summed E-state index contributed by atoms with van der Waals surface area (Å²) < 4.78 is 0. The van der Waals surface area contributed by atoms with E-state index < -0.39 is 6.03 Å². The summed E-state index contributed by atoms with van der Waals surface area (Å²) in [7, 11) is 0. The molecule has 0 saturated heterocycles. The largest absolute Gasteiger partial charge is 0.355 e. The van der Waals surface area contributed by atoms with Gasteiger partial charge < -0.3 is 16.0 Å². The number of hydrogen-bond acceptors (Lipinski definition) is 5. The Morgan fingerprint density at radius 1 is 1.09 bits per heavy atom. The Bertz CT molecular complexity index is 666. The molecule has 2 aromatic heterocycles. The summed E-state index contributed by atoms with van der Waals surface area (Å²) in [6.45, 7) is 2.27. The average Bonchev–Trinajstić information content (AvgIpc) is 2.55. The zero-order valence-corrected chi connectivity index (χ0v) is 13.4. The number of urea groups is 1. The molecular weight excluding hydrogens is 314 g/mol. The van der Waals surface area contributed by atoms with Crippen molar-refractivity contribution in [1.29, 1.82) is 0 Å². The lowest BCUT2D eigenvalue weighted by Gasteiger charge is -2.08. The second-order valence-electron chi connectivity index (χ2n) is 4.41. The van der Waals surface area contributed by atoms with Crippen molar-refractivity contribution in [3.8, 4) is 0 Å². The summed E-state index contributed by atoms with van der Waals surface area (Å²) >= 11 is 1.40. The first-order valence-electron chi connectivity index (χ1n) is 7.04. The van der Waals surface area contributed by atoms with Crippen molar-refractivity contribution < 1.29 is 9.59 Å². The second kappa shape index (κ2) is 8.74. The monoisotopic (exact) mass is 331 g/mol. The number of aromatic nitrogens is 2. The Balaban J connectivity index is 1.89. The van der Waals surface area contributed by atoms with Crippen LogP contribution in [0.3, 0.4) is 0 Å². The van der Waals surface area contributed by atoms with Crippen molar-refractivity contribution in [1.82, 2.24) is 20.6 Å². The molecule has 0 aromatic carbocycles. The maximum atomic E-state index is 11.7. The van der Waals surface area contributed by atoms with E-state index in [9.17, 15) is 9.59 Å². The highest BCUT2D eigenvalue weighted by molar-refractivity contribution is 7.99. The standard InChI is InChI=1S/C15H17N5O2S/c1-2-16-12(21)10-19-15(22)20-11-6-8-18-14(9-11)23-13-5-3-4-7-17-13/h3-9H,2,10H2,1H3,(H,16,21)(H2,18,19,20,22). The number of rotatable bonds is 6. The van der Waals surface area contributed by atoms with Gasteiger partial charge in [-0.3, -0.25) is 4.79 Å². The third-order valence-electron chi connectivity index (χ3n) is 2.62. The van der Waals surface area contributed by atoms with Crippen molar-refractivity contribution in [3.05, 3.63) is 42.7 Å². The lowest BCUT2D eigenvalue weighted by Crippen LogP contribution is -2.38. The van der Waals surface area contributed by atoms with Gasteiger partial charge in [0, 0.05) is 24.6 Å². The van der Waals surface area contributed by atoms with Crippen LogP contribution in [0.25, 0.3) is 0 Å². The van der Waals surface area contributed by atoms with Crippen molar-refractivity contribution >= 4 is 29.4 Å². The van der Waals surface area contributed by atoms with E-state index in [4.69, 9.17) is 0 Å². The van der Waals surface area contributed by atoms with E-state index >= 15 is 0 Å². The fraction of sp³-hybridized carbons (Fsp3) is 0.200. The zero-order valence-electron chi connectivity index (χ0n) is 12.6. The molecular formula is C15H17N5O2S. The van der Waals surface area contributed by atoms with Crippen LogP contribution in [0.4, 0.5) is 10.5 Å². The van der Waals surface area contributed by atoms with Crippen LogP contribution in [0, 0.1) is 0 Å². The number of nitrogens with one attached hydrogen (secondary N) is 3. The highest BCUT2D eigenvalue weighted by Crippen LogP contribution is 2.25. The molecule has 3 N–H and O–H groups in total. The molecule has 2 aromatic rings. The summed E-state index contributed by atoms with van der Waals surface area (Å²) in [6, 6.07) is 8.59. The first kappa shape index (κ1) is 16.8. The van der Waals surface area contributed by atoms with Gasteiger partial charge >= 0.3 is 6.03 Å². The summed E-state index contributed by atoms with van der Waals surface area (Å²) in [5.41, 5.74) is 0.590. The molecule has 120 valence electrons. The van der Waals surface area contributed by atoms with E-state index in [1.165, 1.54) is 11.8 Å². The predicted molar refractivity (Wildman–Crippen MR) is 88.3 cm³/mol. The molecule has 3 amide bonds. The molecule has 0 spiro atoms. The molecule has 0 unspecified atom stereocenters. The van der Waals surface area contributed by atoms with Gasteiger partial charge in [0.2, 0.25) is 5.91 Å². The topological polar surface area (TPSA) is 96.0 Å². The highest BCUT2D eigenvalue weighted by atomic mass is 32.2. The molecule has 0 aliphatic heterocycles. The number of anilines is 1. The first-order valence-corrected chi connectivity index (χ1v) is 7.85. The van der Waals surface area contributed by atoms with E-state index in [1.54, 1.807) is 24.5 Å². The van der Waals surface area contributed by atoms with Gasteiger partial charge in [-0.25, -0.2) is 14.8 Å². The molecule has 0 saturated carbocycles. The van der Waals surface area contributed by atoms with Gasteiger partial charge in [0.15, 0.2) is 0 Å². The third kappa shape index (κ3) is 5.95. The molecule has 2 heterocycles. The van der Waals surface area contributed by atoms with E-state index in [0.717, 1.165) is 5.03 Å². The van der Waals surface area contributed by atoms with Crippen molar-refractivity contribution in [2.24, 2.45) is 0 Å². The number of pyridine rings is 2. The van der Waals surface area contributed by atoms with Crippen LogP contribution >= 0.6 is 11.8 Å². The maximum Gasteiger partial charge on any atom is 0.319 e. The minimum atomic E-state index is -0.448. The van der Waals surface area contributed by atoms with E-state index in [2.05, 4.69) is 25.9 Å². The summed E-state index contributed by atoms with van der Waals surface area (Å²) in [6.07, 6.45) is 3.31. The van der Waals surface area contributed by atoms with Gasteiger partial charge in [-0.2, -0.15) is 0 Å². The van der Waals surface area contributed by atoms with Crippen LogP contribution in [0.1, 0.15) is 6.92 Å². The average molecular weight is 331 g/mol. The van der Waals surface area contributed by atoms with Crippen LogP contribution in [0.5, 0.6) is 0 Å². The van der Waals surface area contributed by atoms with Gasteiger partial charge in [-0.15, -0.1) is 0 Å². The van der Waals surface area contributed by atoms with Gasteiger partial charge in [-0.1, -0.05) is 17.8 Å². The molecule has 0 fully saturated rings. The highest BCUT2D eigenvalue weighted by Gasteiger charge is 2.06. The number of amides is 3. The molecule has 0 aliphatic carbocycles. The van der Waals surface area contributed by atoms with Crippen LogP contribution in [0.15, 0.2) is 52.8 Å². The minimum absolute atomic E-state index is 0.0691. The molecule has 0 radical (unpaired) electrons. The molecule has 8 heteroatoms. The predicted octanol–water partition coefficient (Wildman–Crippen LogP) is 1.89.